The lowest BCUT2D eigenvalue weighted by Crippen LogP contribution is -2.35. The van der Waals surface area contributed by atoms with Crippen molar-refractivity contribution in [1.29, 1.82) is 0 Å². The Hall–Kier alpha value is -0.810. The second-order valence-corrected chi connectivity index (χ2v) is 2.65. The lowest BCUT2D eigenvalue weighted by atomic mass is 10.5. The minimum Gasteiger partial charge on any atom is -0.370 e. The smallest absolute Gasteiger partial charge is 0.317 e. The molecule has 0 unspecified atom stereocenters. The first kappa shape index (κ1) is 9.28. The average molecular weight is 173 g/mol. The molecule has 1 aliphatic heterocycles. The molecular weight excluding hydrogens is 158 g/mol. The zero-order valence-corrected chi connectivity index (χ0v) is 7.30. The SMILES string of the molecule is COCNCCN1CCNC1=O. The third kappa shape index (κ3) is 2.67. The molecule has 1 fully saturated rings. The van der Waals surface area contributed by atoms with E-state index >= 15 is 0 Å². The van der Waals surface area contributed by atoms with Gasteiger partial charge < -0.3 is 15.0 Å². The summed E-state index contributed by atoms with van der Waals surface area (Å²) >= 11 is 0. The van der Waals surface area contributed by atoms with Crippen molar-refractivity contribution in [2.45, 2.75) is 0 Å². The summed E-state index contributed by atoms with van der Waals surface area (Å²) in [5.74, 6) is 0. The summed E-state index contributed by atoms with van der Waals surface area (Å²) in [5.41, 5.74) is 0. The number of nitrogens with zero attached hydrogens (tertiary/aromatic N) is 1. The van der Waals surface area contributed by atoms with Crippen LogP contribution < -0.4 is 10.6 Å². The Morgan fingerprint density at radius 3 is 3.17 bits per heavy atom. The van der Waals surface area contributed by atoms with Crippen LogP contribution in [-0.4, -0.2) is 51.0 Å². The van der Waals surface area contributed by atoms with Gasteiger partial charge in [-0.1, -0.05) is 0 Å². The summed E-state index contributed by atoms with van der Waals surface area (Å²) < 4.78 is 4.80. The first-order valence-corrected chi connectivity index (χ1v) is 4.07. The van der Waals surface area contributed by atoms with Crippen molar-refractivity contribution >= 4 is 6.03 Å². The first-order valence-electron chi connectivity index (χ1n) is 4.07. The second kappa shape index (κ2) is 4.95. The number of urea groups is 1. The fourth-order valence-electron chi connectivity index (χ4n) is 1.11. The summed E-state index contributed by atoms with van der Waals surface area (Å²) in [6, 6.07) is 0.0363. The van der Waals surface area contributed by atoms with Crippen LogP contribution in [-0.2, 0) is 4.74 Å². The molecule has 1 rings (SSSR count). The molecule has 1 saturated heterocycles. The van der Waals surface area contributed by atoms with Crippen molar-refractivity contribution in [2.24, 2.45) is 0 Å². The highest BCUT2D eigenvalue weighted by molar-refractivity contribution is 5.76. The van der Waals surface area contributed by atoms with Gasteiger partial charge in [-0.3, -0.25) is 5.32 Å². The van der Waals surface area contributed by atoms with Crippen molar-refractivity contribution < 1.29 is 9.53 Å². The van der Waals surface area contributed by atoms with Crippen LogP contribution in [0.4, 0.5) is 4.79 Å². The molecule has 2 N–H and O–H groups in total. The predicted molar refractivity (Wildman–Crippen MR) is 44.9 cm³/mol. The van der Waals surface area contributed by atoms with E-state index in [9.17, 15) is 4.79 Å². The maximum atomic E-state index is 11.0. The first-order chi connectivity index (χ1) is 5.84. The number of carbonyl (C=O) groups excluding carboxylic acids is 1. The number of hydrogen-bond acceptors (Lipinski definition) is 3. The zero-order valence-electron chi connectivity index (χ0n) is 7.30. The van der Waals surface area contributed by atoms with Crippen LogP contribution in [0.15, 0.2) is 0 Å². The number of methoxy groups -OCH3 is 1. The van der Waals surface area contributed by atoms with Crippen LogP contribution in [0.25, 0.3) is 0 Å². The molecule has 0 atom stereocenters. The number of rotatable bonds is 5. The molecule has 0 spiro atoms. The van der Waals surface area contributed by atoms with E-state index in [1.165, 1.54) is 0 Å². The lowest BCUT2D eigenvalue weighted by molar-refractivity contribution is 0.170. The van der Waals surface area contributed by atoms with Gasteiger partial charge in [0.1, 0.15) is 0 Å². The van der Waals surface area contributed by atoms with Gasteiger partial charge in [0.05, 0.1) is 6.73 Å². The molecule has 2 amide bonds. The van der Waals surface area contributed by atoms with Crippen molar-refractivity contribution in [1.82, 2.24) is 15.5 Å². The van der Waals surface area contributed by atoms with Crippen LogP contribution in [0, 0.1) is 0 Å². The summed E-state index contributed by atoms with van der Waals surface area (Å²) in [7, 11) is 1.63. The van der Waals surface area contributed by atoms with E-state index in [1.807, 2.05) is 0 Å². The van der Waals surface area contributed by atoms with Crippen molar-refractivity contribution in [2.75, 3.05) is 40.0 Å². The molecule has 0 aromatic carbocycles. The minimum absolute atomic E-state index is 0.0363. The summed E-state index contributed by atoms with van der Waals surface area (Å²) in [5, 5.41) is 5.78. The Balaban J connectivity index is 2.02. The number of amides is 2. The van der Waals surface area contributed by atoms with E-state index in [1.54, 1.807) is 12.0 Å². The zero-order chi connectivity index (χ0) is 8.81. The van der Waals surface area contributed by atoms with Crippen LogP contribution in [0.2, 0.25) is 0 Å². The average Bonchev–Trinajstić information content (AvgIpc) is 2.46. The highest BCUT2D eigenvalue weighted by Gasteiger charge is 2.17. The van der Waals surface area contributed by atoms with Gasteiger partial charge in [-0.25, -0.2) is 4.79 Å². The summed E-state index contributed by atoms with van der Waals surface area (Å²) in [4.78, 5) is 12.8. The van der Waals surface area contributed by atoms with Crippen LogP contribution in [0.3, 0.4) is 0 Å². The summed E-state index contributed by atoms with van der Waals surface area (Å²) in [6.45, 7) is 3.64. The molecule has 0 radical (unpaired) electrons. The molecule has 0 aromatic heterocycles. The number of ether oxygens (including phenoxy) is 1. The van der Waals surface area contributed by atoms with E-state index < -0.39 is 0 Å². The largest absolute Gasteiger partial charge is 0.370 e. The number of nitrogens with one attached hydrogen (secondary N) is 2. The van der Waals surface area contributed by atoms with Crippen molar-refractivity contribution in [3.63, 3.8) is 0 Å². The lowest BCUT2D eigenvalue weighted by Gasteiger charge is -2.13. The maximum Gasteiger partial charge on any atom is 0.317 e. The van der Waals surface area contributed by atoms with Gasteiger partial charge in [0.15, 0.2) is 0 Å². The molecule has 12 heavy (non-hydrogen) atoms. The van der Waals surface area contributed by atoms with Gasteiger partial charge >= 0.3 is 6.03 Å². The van der Waals surface area contributed by atoms with E-state index in [2.05, 4.69) is 10.6 Å². The van der Waals surface area contributed by atoms with Crippen molar-refractivity contribution in [3.05, 3.63) is 0 Å². The molecule has 70 valence electrons. The molecule has 0 aromatic rings. The number of hydrogen-bond donors (Lipinski definition) is 2. The van der Waals surface area contributed by atoms with Gasteiger partial charge in [0.25, 0.3) is 0 Å². The Kier molecular flexibility index (Phi) is 3.83. The monoisotopic (exact) mass is 173 g/mol. The Bertz CT molecular complexity index is 152. The normalized spacial score (nSPS) is 16.8. The molecule has 0 bridgehead atoms. The fourth-order valence-corrected chi connectivity index (χ4v) is 1.11. The van der Waals surface area contributed by atoms with Crippen molar-refractivity contribution in [3.8, 4) is 0 Å². The fraction of sp³-hybridized carbons (Fsp3) is 0.857. The minimum atomic E-state index is 0.0363. The predicted octanol–water partition coefficient (Wildman–Crippen LogP) is -0.795. The van der Waals surface area contributed by atoms with E-state index in [4.69, 9.17) is 4.74 Å². The molecule has 0 saturated carbocycles. The molecule has 1 aliphatic rings. The van der Waals surface area contributed by atoms with Crippen LogP contribution in [0.5, 0.6) is 0 Å². The topological polar surface area (TPSA) is 53.6 Å². The molecule has 0 aliphatic carbocycles. The van der Waals surface area contributed by atoms with Gasteiger partial charge in [-0.15, -0.1) is 0 Å². The third-order valence-corrected chi connectivity index (χ3v) is 1.75. The molecular formula is C7H15N3O2. The maximum absolute atomic E-state index is 11.0. The molecule has 1 heterocycles. The van der Waals surface area contributed by atoms with E-state index in [0.29, 0.717) is 6.73 Å². The van der Waals surface area contributed by atoms with Gasteiger partial charge in [-0.05, 0) is 0 Å². The molecule has 5 heteroatoms. The Morgan fingerprint density at radius 1 is 1.75 bits per heavy atom. The Labute approximate surface area is 72.1 Å². The third-order valence-electron chi connectivity index (χ3n) is 1.75. The second-order valence-electron chi connectivity index (χ2n) is 2.65. The highest BCUT2D eigenvalue weighted by Crippen LogP contribution is 1.93. The van der Waals surface area contributed by atoms with Crippen LogP contribution in [0.1, 0.15) is 0 Å². The standard InChI is InChI=1S/C7H15N3O2/c1-12-6-8-2-4-10-5-3-9-7(10)11/h8H,2-6H2,1H3,(H,9,11). The van der Waals surface area contributed by atoms with Gasteiger partial charge in [0, 0.05) is 33.3 Å². The van der Waals surface area contributed by atoms with E-state index in [0.717, 1.165) is 26.2 Å². The van der Waals surface area contributed by atoms with Gasteiger partial charge in [0.2, 0.25) is 0 Å². The number of carbonyl (C=O) groups is 1. The highest BCUT2D eigenvalue weighted by atomic mass is 16.5. The Morgan fingerprint density at radius 2 is 2.58 bits per heavy atom. The summed E-state index contributed by atoms with van der Waals surface area (Å²) in [6.07, 6.45) is 0. The molecule has 5 nitrogen and oxygen atoms in total. The van der Waals surface area contributed by atoms with Crippen LogP contribution >= 0.6 is 0 Å². The van der Waals surface area contributed by atoms with Gasteiger partial charge in [-0.2, -0.15) is 0 Å². The van der Waals surface area contributed by atoms with E-state index in [-0.39, 0.29) is 6.03 Å². The quantitative estimate of drug-likeness (QED) is 0.423.